The Morgan fingerprint density at radius 2 is 1.45 bits per heavy atom. The van der Waals surface area contributed by atoms with Gasteiger partial charge in [-0.05, 0) is 50.1 Å². The minimum Gasteiger partial charge on any atom is -0.392 e. The molecule has 1 atom stereocenters. The van der Waals surface area contributed by atoms with Crippen LogP contribution in [0.5, 0.6) is 0 Å². The number of hydrogen-bond acceptors (Lipinski definition) is 2. The van der Waals surface area contributed by atoms with E-state index in [1.54, 1.807) is 0 Å². The Hall–Kier alpha value is -0.0800. The molecule has 1 fully saturated rings. The van der Waals surface area contributed by atoms with Crippen molar-refractivity contribution in [1.29, 1.82) is 0 Å². The van der Waals surface area contributed by atoms with Crippen molar-refractivity contribution in [3.05, 3.63) is 0 Å². The van der Waals surface area contributed by atoms with E-state index in [9.17, 15) is 5.11 Å². The zero-order valence-corrected chi connectivity index (χ0v) is 14.3. The first-order valence-electron chi connectivity index (χ1n) is 8.87. The van der Waals surface area contributed by atoms with Crippen LogP contribution >= 0.6 is 0 Å². The molecular weight excluding hydrogens is 246 g/mol. The Balaban J connectivity index is 2.31. The van der Waals surface area contributed by atoms with Crippen LogP contribution in [-0.4, -0.2) is 35.7 Å². The van der Waals surface area contributed by atoms with Crippen LogP contribution < -0.4 is 0 Å². The van der Waals surface area contributed by atoms with Crippen LogP contribution in [0.1, 0.15) is 72.6 Å². The maximum Gasteiger partial charge on any atom is 0.0669 e. The second-order valence-corrected chi connectivity index (χ2v) is 7.71. The van der Waals surface area contributed by atoms with Gasteiger partial charge in [0.05, 0.1) is 6.10 Å². The highest BCUT2D eigenvalue weighted by Gasteiger charge is 2.20. The topological polar surface area (TPSA) is 23.5 Å². The van der Waals surface area contributed by atoms with Gasteiger partial charge >= 0.3 is 0 Å². The van der Waals surface area contributed by atoms with Gasteiger partial charge in [-0.1, -0.05) is 53.4 Å². The molecule has 1 unspecified atom stereocenters. The van der Waals surface area contributed by atoms with Gasteiger partial charge in [0.25, 0.3) is 0 Å². The second-order valence-electron chi connectivity index (χ2n) is 7.71. The SMILES string of the molecule is CC(C)CCN(CCC(C)C)CC(O)CC1CCCC1. The van der Waals surface area contributed by atoms with Crippen LogP contribution in [0.3, 0.4) is 0 Å². The van der Waals surface area contributed by atoms with Gasteiger partial charge in [0.15, 0.2) is 0 Å². The Bertz CT molecular complexity index is 222. The van der Waals surface area contributed by atoms with Crippen LogP contribution in [0.4, 0.5) is 0 Å². The number of rotatable bonds is 10. The van der Waals surface area contributed by atoms with Gasteiger partial charge in [0, 0.05) is 6.54 Å². The monoisotopic (exact) mass is 283 g/mol. The fraction of sp³-hybridized carbons (Fsp3) is 1.00. The minimum atomic E-state index is -0.113. The van der Waals surface area contributed by atoms with Crippen molar-refractivity contribution in [3.8, 4) is 0 Å². The number of hydrogen-bond donors (Lipinski definition) is 1. The molecule has 0 aliphatic heterocycles. The maximum absolute atomic E-state index is 10.4. The molecule has 0 saturated heterocycles. The summed E-state index contributed by atoms with van der Waals surface area (Å²) in [6, 6.07) is 0. The Kier molecular flexibility index (Phi) is 8.79. The van der Waals surface area contributed by atoms with E-state index in [1.165, 1.54) is 38.5 Å². The van der Waals surface area contributed by atoms with Crippen molar-refractivity contribution in [2.24, 2.45) is 17.8 Å². The Morgan fingerprint density at radius 3 is 1.90 bits per heavy atom. The molecule has 0 aromatic rings. The van der Waals surface area contributed by atoms with Gasteiger partial charge in [0.2, 0.25) is 0 Å². The third-order valence-electron chi connectivity index (χ3n) is 4.59. The van der Waals surface area contributed by atoms with Crippen LogP contribution in [0, 0.1) is 17.8 Å². The first kappa shape index (κ1) is 18.0. The van der Waals surface area contributed by atoms with Crippen molar-refractivity contribution in [1.82, 2.24) is 4.90 Å². The summed E-state index contributed by atoms with van der Waals surface area (Å²) in [7, 11) is 0. The number of nitrogens with zero attached hydrogens (tertiary/aromatic N) is 1. The van der Waals surface area contributed by atoms with Crippen LogP contribution in [0.2, 0.25) is 0 Å². The molecule has 0 amide bonds. The molecule has 0 spiro atoms. The Labute approximate surface area is 126 Å². The van der Waals surface area contributed by atoms with Gasteiger partial charge in [-0.15, -0.1) is 0 Å². The smallest absolute Gasteiger partial charge is 0.0669 e. The highest BCUT2D eigenvalue weighted by Crippen LogP contribution is 2.28. The summed E-state index contributed by atoms with van der Waals surface area (Å²) in [6.07, 6.45) is 8.84. The standard InChI is InChI=1S/C18H37NO/c1-15(2)9-11-19(12-10-16(3)4)14-18(20)13-17-7-5-6-8-17/h15-18,20H,5-14H2,1-4H3. The van der Waals surface area contributed by atoms with Gasteiger partial charge in [-0.25, -0.2) is 0 Å². The summed E-state index contributed by atoms with van der Waals surface area (Å²) < 4.78 is 0. The molecule has 1 N–H and O–H groups in total. The summed E-state index contributed by atoms with van der Waals surface area (Å²) in [5, 5.41) is 10.4. The lowest BCUT2D eigenvalue weighted by Gasteiger charge is -2.27. The lowest BCUT2D eigenvalue weighted by Crippen LogP contribution is -2.35. The third kappa shape index (κ3) is 8.26. The first-order valence-corrected chi connectivity index (χ1v) is 8.87. The van der Waals surface area contributed by atoms with Crippen molar-refractivity contribution in [3.63, 3.8) is 0 Å². The molecule has 0 bridgehead atoms. The van der Waals surface area contributed by atoms with Crippen molar-refractivity contribution >= 4 is 0 Å². The summed E-state index contributed by atoms with van der Waals surface area (Å²) in [6.45, 7) is 12.3. The van der Waals surface area contributed by atoms with E-state index < -0.39 is 0 Å². The summed E-state index contributed by atoms with van der Waals surface area (Å²) in [5.41, 5.74) is 0. The van der Waals surface area contributed by atoms with E-state index in [4.69, 9.17) is 0 Å². The van der Waals surface area contributed by atoms with Crippen molar-refractivity contribution in [2.75, 3.05) is 19.6 Å². The highest BCUT2D eigenvalue weighted by molar-refractivity contribution is 4.74. The first-order chi connectivity index (χ1) is 9.47. The molecule has 0 radical (unpaired) electrons. The summed E-state index contributed by atoms with van der Waals surface area (Å²) in [5.74, 6) is 2.30. The van der Waals surface area contributed by atoms with Gasteiger partial charge in [-0.2, -0.15) is 0 Å². The van der Waals surface area contributed by atoms with Crippen LogP contribution in [0.25, 0.3) is 0 Å². The predicted molar refractivity (Wildman–Crippen MR) is 87.9 cm³/mol. The number of aliphatic hydroxyl groups is 1. The summed E-state index contributed by atoms with van der Waals surface area (Å²) in [4.78, 5) is 2.50. The zero-order chi connectivity index (χ0) is 15.0. The fourth-order valence-corrected chi connectivity index (χ4v) is 3.18. The molecule has 1 aliphatic rings. The molecule has 1 saturated carbocycles. The van der Waals surface area contributed by atoms with E-state index in [-0.39, 0.29) is 6.10 Å². The van der Waals surface area contributed by atoms with Gasteiger partial charge < -0.3 is 10.0 Å². The minimum absolute atomic E-state index is 0.113. The summed E-state index contributed by atoms with van der Waals surface area (Å²) >= 11 is 0. The van der Waals surface area contributed by atoms with Crippen molar-refractivity contribution in [2.45, 2.75) is 78.7 Å². The molecule has 1 rings (SSSR count). The van der Waals surface area contributed by atoms with Crippen LogP contribution in [-0.2, 0) is 0 Å². The van der Waals surface area contributed by atoms with E-state index in [2.05, 4.69) is 32.6 Å². The van der Waals surface area contributed by atoms with E-state index in [1.807, 2.05) is 0 Å². The van der Waals surface area contributed by atoms with Gasteiger partial charge in [-0.3, -0.25) is 0 Å². The maximum atomic E-state index is 10.4. The second kappa shape index (κ2) is 9.78. The largest absolute Gasteiger partial charge is 0.392 e. The molecule has 1 aliphatic carbocycles. The van der Waals surface area contributed by atoms with E-state index in [0.717, 1.165) is 43.8 Å². The van der Waals surface area contributed by atoms with Crippen molar-refractivity contribution < 1.29 is 5.11 Å². The highest BCUT2D eigenvalue weighted by atomic mass is 16.3. The third-order valence-corrected chi connectivity index (χ3v) is 4.59. The Morgan fingerprint density at radius 1 is 0.950 bits per heavy atom. The van der Waals surface area contributed by atoms with E-state index >= 15 is 0 Å². The predicted octanol–water partition coefficient (Wildman–Crippen LogP) is 4.32. The molecule has 2 heteroatoms. The molecule has 20 heavy (non-hydrogen) atoms. The average Bonchev–Trinajstić information content (AvgIpc) is 2.85. The molecule has 0 aromatic heterocycles. The zero-order valence-electron chi connectivity index (χ0n) is 14.3. The quantitative estimate of drug-likeness (QED) is 0.645. The fourth-order valence-electron chi connectivity index (χ4n) is 3.18. The molecule has 120 valence electrons. The lowest BCUT2D eigenvalue weighted by atomic mass is 9.99. The van der Waals surface area contributed by atoms with E-state index in [0.29, 0.717) is 0 Å². The lowest BCUT2D eigenvalue weighted by molar-refractivity contribution is 0.0865. The molecular formula is C18H37NO. The molecule has 0 aromatic carbocycles. The molecule has 2 nitrogen and oxygen atoms in total. The number of aliphatic hydroxyl groups excluding tert-OH is 1. The molecule has 0 heterocycles. The van der Waals surface area contributed by atoms with Gasteiger partial charge in [0.1, 0.15) is 0 Å². The normalized spacial score (nSPS) is 18.6. The van der Waals surface area contributed by atoms with Crippen LogP contribution in [0.15, 0.2) is 0 Å². The average molecular weight is 284 g/mol.